The minimum atomic E-state index is -0.000182. The highest BCUT2D eigenvalue weighted by Gasteiger charge is 2.09. The van der Waals surface area contributed by atoms with Crippen molar-refractivity contribution in [3.63, 3.8) is 0 Å². The molecule has 0 aliphatic heterocycles. The van der Waals surface area contributed by atoms with Gasteiger partial charge in [0, 0.05) is 44.5 Å². The molecule has 0 unspecified atom stereocenters. The van der Waals surface area contributed by atoms with E-state index < -0.39 is 0 Å². The Bertz CT molecular complexity index is 872. The van der Waals surface area contributed by atoms with Gasteiger partial charge in [-0.05, 0) is 50.1 Å². The van der Waals surface area contributed by atoms with Crippen molar-refractivity contribution in [2.75, 3.05) is 46.2 Å². The molecular weight excluding hydrogens is 507 g/mol. The van der Waals surface area contributed by atoms with Crippen LogP contribution >= 0.6 is 24.0 Å². The van der Waals surface area contributed by atoms with Gasteiger partial charge in [-0.1, -0.05) is 12.1 Å². The molecule has 0 aliphatic carbocycles. The Morgan fingerprint density at radius 3 is 2.52 bits per heavy atom. The van der Waals surface area contributed by atoms with Crippen LogP contribution in [0.5, 0.6) is 11.5 Å². The summed E-state index contributed by atoms with van der Waals surface area (Å²) < 4.78 is 11.0. The number of carbonyl (C=O) groups is 1. The quantitative estimate of drug-likeness (QED) is 0.286. The van der Waals surface area contributed by atoms with Crippen LogP contribution in [0.3, 0.4) is 0 Å². The maximum Gasteiger partial charge on any atom is 0.253 e. The van der Waals surface area contributed by atoms with Crippen molar-refractivity contribution < 1.29 is 14.3 Å². The third-order valence-corrected chi connectivity index (χ3v) is 4.32. The Morgan fingerprint density at radius 1 is 1.10 bits per heavy atom. The molecule has 0 radical (unpaired) electrons. The number of rotatable bonds is 9. The van der Waals surface area contributed by atoms with Gasteiger partial charge in [-0.3, -0.25) is 9.79 Å². The predicted molar refractivity (Wildman–Crippen MR) is 137 cm³/mol. The number of halogens is 1. The highest BCUT2D eigenvalue weighted by Crippen LogP contribution is 2.30. The number of guanidine groups is 1. The van der Waals surface area contributed by atoms with Crippen LogP contribution in [0, 0.1) is 0 Å². The summed E-state index contributed by atoms with van der Waals surface area (Å²) in [5, 5.41) is 6.54. The largest absolute Gasteiger partial charge is 0.493 e. The average molecular weight is 540 g/mol. The average Bonchev–Trinajstić information content (AvgIpc) is 2.74. The topological polar surface area (TPSA) is 75.2 Å². The second-order valence-electron chi connectivity index (χ2n) is 6.83. The van der Waals surface area contributed by atoms with Crippen molar-refractivity contribution in [3.05, 3.63) is 53.6 Å². The summed E-state index contributed by atoms with van der Waals surface area (Å²) in [4.78, 5) is 18.4. The van der Waals surface area contributed by atoms with Crippen molar-refractivity contribution in [2.24, 2.45) is 4.99 Å². The fourth-order valence-electron chi connectivity index (χ4n) is 2.88. The van der Waals surface area contributed by atoms with Gasteiger partial charge in [-0.15, -0.1) is 24.0 Å². The van der Waals surface area contributed by atoms with Gasteiger partial charge in [0.2, 0.25) is 0 Å². The number of methoxy groups -OCH3 is 1. The molecule has 0 atom stereocenters. The van der Waals surface area contributed by atoms with Gasteiger partial charge in [0.25, 0.3) is 5.91 Å². The van der Waals surface area contributed by atoms with Crippen molar-refractivity contribution in [2.45, 2.75) is 20.3 Å². The van der Waals surface area contributed by atoms with Crippen LogP contribution < -0.4 is 20.1 Å². The molecule has 0 saturated heterocycles. The lowest BCUT2D eigenvalue weighted by molar-refractivity contribution is 0.0827. The molecule has 2 N–H and O–H groups in total. The van der Waals surface area contributed by atoms with Crippen molar-refractivity contribution in [3.8, 4) is 11.5 Å². The van der Waals surface area contributed by atoms with E-state index in [0.29, 0.717) is 36.2 Å². The van der Waals surface area contributed by atoms with Crippen LogP contribution in [-0.2, 0) is 6.42 Å². The lowest BCUT2D eigenvalue weighted by Gasteiger charge is -2.14. The first kappa shape index (κ1) is 26.5. The SMILES string of the molecule is CCNC(=NCCc1cccc(C(=O)N(C)C)c1)Nc1ccc(OCC)c(OC)c1.I. The van der Waals surface area contributed by atoms with Gasteiger partial charge in [-0.2, -0.15) is 0 Å². The molecule has 0 spiro atoms. The standard InChI is InChI=1S/C23H32N4O3.HI/c1-6-24-23(26-19-11-12-20(30-7-2)21(16-19)29-5)25-14-13-17-9-8-10-18(15-17)22(28)27(3)4;/h8-12,15-16H,6-7,13-14H2,1-5H3,(H2,24,25,26);1H. The number of amides is 1. The summed E-state index contributed by atoms with van der Waals surface area (Å²) in [5.41, 5.74) is 2.62. The molecule has 2 rings (SSSR count). The van der Waals surface area contributed by atoms with Crippen LogP contribution in [-0.4, -0.2) is 57.7 Å². The van der Waals surface area contributed by atoms with Crippen LogP contribution in [0.15, 0.2) is 47.5 Å². The third-order valence-electron chi connectivity index (χ3n) is 4.32. The van der Waals surface area contributed by atoms with E-state index >= 15 is 0 Å². The summed E-state index contributed by atoms with van der Waals surface area (Å²) in [6, 6.07) is 13.4. The van der Waals surface area contributed by atoms with E-state index in [2.05, 4.69) is 15.6 Å². The van der Waals surface area contributed by atoms with Gasteiger partial charge in [0.15, 0.2) is 17.5 Å². The number of benzene rings is 2. The maximum absolute atomic E-state index is 12.1. The Morgan fingerprint density at radius 2 is 1.87 bits per heavy atom. The zero-order valence-corrected chi connectivity index (χ0v) is 21.2. The van der Waals surface area contributed by atoms with E-state index in [-0.39, 0.29) is 29.9 Å². The van der Waals surface area contributed by atoms with Crippen molar-refractivity contribution in [1.82, 2.24) is 10.2 Å². The molecule has 0 aromatic heterocycles. The highest BCUT2D eigenvalue weighted by molar-refractivity contribution is 14.0. The van der Waals surface area contributed by atoms with E-state index in [9.17, 15) is 4.79 Å². The molecule has 0 aliphatic rings. The van der Waals surface area contributed by atoms with Crippen LogP contribution in [0.4, 0.5) is 5.69 Å². The van der Waals surface area contributed by atoms with Gasteiger partial charge in [-0.25, -0.2) is 0 Å². The Hall–Kier alpha value is -2.49. The number of nitrogens with one attached hydrogen (secondary N) is 2. The second kappa shape index (κ2) is 13.7. The lowest BCUT2D eigenvalue weighted by atomic mass is 10.1. The van der Waals surface area contributed by atoms with Gasteiger partial charge in [0.1, 0.15) is 0 Å². The highest BCUT2D eigenvalue weighted by atomic mass is 127. The lowest BCUT2D eigenvalue weighted by Crippen LogP contribution is -2.30. The molecule has 8 heteroatoms. The fourth-order valence-corrected chi connectivity index (χ4v) is 2.88. The Balaban J connectivity index is 0.00000480. The van der Waals surface area contributed by atoms with Crippen LogP contribution in [0.1, 0.15) is 29.8 Å². The third kappa shape index (κ3) is 8.28. The minimum Gasteiger partial charge on any atom is -0.493 e. The van der Waals surface area contributed by atoms with Gasteiger partial charge >= 0.3 is 0 Å². The molecule has 0 fully saturated rings. The molecule has 7 nitrogen and oxygen atoms in total. The molecule has 0 heterocycles. The van der Waals surface area contributed by atoms with Gasteiger partial charge in [0.05, 0.1) is 13.7 Å². The summed E-state index contributed by atoms with van der Waals surface area (Å²) in [7, 11) is 5.13. The first-order valence-corrected chi connectivity index (χ1v) is 10.1. The maximum atomic E-state index is 12.1. The zero-order valence-electron chi connectivity index (χ0n) is 18.9. The molecule has 0 saturated carbocycles. The number of hydrogen-bond acceptors (Lipinski definition) is 4. The van der Waals surface area contributed by atoms with E-state index in [1.807, 2.05) is 56.3 Å². The van der Waals surface area contributed by atoms with E-state index in [0.717, 1.165) is 24.2 Å². The molecule has 170 valence electrons. The molecule has 1 amide bonds. The van der Waals surface area contributed by atoms with Crippen LogP contribution in [0.25, 0.3) is 0 Å². The van der Waals surface area contributed by atoms with Gasteiger partial charge < -0.3 is 25.0 Å². The van der Waals surface area contributed by atoms with E-state index in [4.69, 9.17) is 9.47 Å². The second-order valence-corrected chi connectivity index (χ2v) is 6.83. The Kier molecular flexibility index (Phi) is 11.8. The summed E-state index contributed by atoms with van der Waals surface area (Å²) in [6.45, 7) is 5.87. The molecule has 0 bridgehead atoms. The number of hydrogen-bond donors (Lipinski definition) is 2. The number of carbonyl (C=O) groups excluding carboxylic acids is 1. The number of nitrogens with zero attached hydrogens (tertiary/aromatic N) is 2. The van der Waals surface area contributed by atoms with E-state index in [1.165, 1.54) is 0 Å². The summed E-state index contributed by atoms with van der Waals surface area (Å²) in [6.07, 6.45) is 0.734. The van der Waals surface area contributed by atoms with E-state index in [1.54, 1.807) is 26.1 Å². The molecular formula is C23H33IN4O3. The first-order valence-electron chi connectivity index (χ1n) is 10.1. The summed E-state index contributed by atoms with van der Waals surface area (Å²) in [5.74, 6) is 2.06. The molecule has 2 aromatic carbocycles. The fraction of sp³-hybridized carbons (Fsp3) is 0.391. The van der Waals surface area contributed by atoms with Crippen LogP contribution in [0.2, 0.25) is 0 Å². The minimum absolute atomic E-state index is 0. The predicted octanol–water partition coefficient (Wildman–Crippen LogP) is 4.03. The monoisotopic (exact) mass is 540 g/mol. The normalized spacial score (nSPS) is 10.7. The summed E-state index contributed by atoms with van der Waals surface area (Å²) >= 11 is 0. The van der Waals surface area contributed by atoms with Crippen molar-refractivity contribution >= 4 is 41.5 Å². The first-order chi connectivity index (χ1) is 14.5. The number of aliphatic imine (C=N–C) groups is 1. The molecule has 31 heavy (non-hydrogen) atoms. The molecule has 2 aromatic rings. The van der Waals surface area contributed by atoms with Crippen molar-refractivity contribution in [1.29, 1.82) is 0 Å². The Labute approximate surface area is 202 Å². The zero-order chi connectivity index (χ0) is 21.9. The smallest absolute Gasteiger partial charge is 0.253 e. The number of ether oxygens (including phenoxy) is 2. The number of anilines is 1.